The van der Waals surface area contributed by atoms with Gasteiger partial charge in [-0.15, -0.1) is 17.7 Å². The molecule has 0 aliphatic heterocycles. The number of carbonyl (C=O) groups is 1. The second-order valence-corrected chi connectivity index (χ2v) is 4.73. The maximum atomic E-state index is 11.7. The number of nitrogens with one attached hydrogen (secondary N) is 1. The molecule has 1 N–H and O–H groups in total. The van der Waals surface area contributed by atoms with Gasteiger partial charge in [0.05, 0.1) is 12.6 Å². The third-order valence-electron chi connectivity index (χ3n) is 2.66. The Balaban J connectivity index is 1.65. The van der Waals surface area contributed by atoms with E-state index in [4.69, 9.17) is 0 Å². The highest BCUT2D eigenvalue weighted by Crippen LogP contribution is 2.08. The highest BCUT2D eigenvalue weighted by molar-refractivity contribution is 7.80. The first kappa shape index (κ1) is 13.6. The van der Waals surface area contributed by atoms with E-state index < -0.39 is 0 Å². The number of rotatable bonds is 6. The second kappa shape index (κ2) is 6.94. The van der Waals surface area contributed by atoms with E-state index in [0.29, 0.717) is 13.0 Å². The van der Waals surface area contributed by atoms with Crippen molar-refractivity contribution in [2.45, 2.75) is 24.3 Å². The van der Waals surface area contributed by atoms with Gasteiger partial charge in [0.25, 0.3) is 0 Å². The van der Waals surface area contributed by atoms with Gasteiger partial charge in [-0.05, 0) is 24.1 Å². The van der Waals surface area contributed by atoms with E-state index in [2.05, 4.69) is 28.3 Å². The smallest absolute Gasteiger partial charge is 0.224 e. The van der Waals surface area contributed by atoms with Crippen LogP contribution in [0.15, 0.2) is 41.6 Å². The third kappa shape index (κ3) is 4.75. The summed E-state index contributed by atoms with van der Waals surface area (Å²) in [6.07, 6.45) is 4.69. The fourth-order valence-electron chi connectivity index (χ4n) is 1.68. The molecule has 0 unspecified atom stereocenters. The summed E-state index contributed by atoms with van der Waals surface area (Å²) in [6.45, 7) is 1.40. The largest absolute Gasteiger partial charge is 0.356 e. The summed E-state index contributed by atoms with van der Waals surface area (Å²) < 4.78 is 1.75. The Bertz CT molecular complexity index is 510. The Kier molecular flexibility index (Phi) is 4.97. The van der Waals surface area contributed by atoms with Gasteiger partial charge in [-0.2, -0.15) is 0 Å². The molecule has 100 valence electrons. The molecule has 0 atom stereocenters. The van der Waals surface area contributed by atoms with Gasteiger partial charge in [-0.1, -0.05) is 17.3 Å². The van der Waals surface area contributed by atoms with E-state index in [1.54, 1.807) is 17.1 Å². The van der Waals surface area contributed by atoms with Crippen molar-refractivity contribution >= 4 is 18.5 Å². The lowest BCUT2D eigenvalue weighted by molar-refractivity contribution is -0.120. The molecule has 19 heavy (non-hydrogen) atoms. The van der Waals surface area contributed by atoms with Crippen LogP contribution in [0.4, 0.5) is 0 Å². The molecule has 5 nitrogen and oxygen atoms in total. The van der Waals surface area contributed by atoms with Crippen LogP contribution in [0, 0.1) is 0 Å². The van der Waals surface area contributed by atoms with Crippen molar-refractivity contribution in [3.05, 3.63) is 42.2 Å². The second-order valence-electron chi connectivity index (χ2n) is 4.21. The van der Waals surface area contributed by atoms with E-state index >= 15 is 0 Å². The maximum Gasteiger partial charge on any atom is 0.224 e. The number of carbonyl (C=O) groups excluding carboxylic acids is 1. The summed E-state index contributed by atoms with van der Waals surface area (Å²) in [7, 11) is 0. The van der Waals surface area contributed by atoms with Crippen LogP contribution in [0.25, 0.3) is 0 Å². The SMILES string of the molecule is O=C(Cc1ccc(S)cc1)NCCCn1ccnn1. The van der Waals surface area contributed by atoms with Crippen molar-refractivity contribution in [1.29, 1.82) is 0 Å². The van der Waals surface area contributed by atoms with Crippen LogP contribution in [0.5, 0.6) is 0 Å². The van der Waals surface area contributed by atoms with Crippen LogP contribution < -0.4 is 5.32 Å². The lowest BCUT2D eigenvalue weighted by Gasteiger charge is -2.05. The van der Waals surface area contributed by atoms with Gasteiger partial charge in [0.2, 0.25) is 5.91 Å². The molecular weight excluding hydrogens is 260 g/mol. The standard InChI is InChI=1S/C13H16N4OS/c18-13(10-11-2-4-12(19)5-3-11)14-6-1-8-17-9-7-15-16-17/h2-5,7,9,19H,1,6,8,10H2,(H,14,18). The summed E-state index contributed by atoms with van der Waals surface area (Å²) >= 11 is 4.21. The van der Waals surface area contributed by atoms with E-state index in [9.17, 15) is 4.79 Å². The molecule has 1 aromatic heterocycles. The predicted octanol–water partition coefficient (Wildman–Crippen LogP) is 1.32. The molecule has 0 aliphatic rings. The van der Waals surface area contributed by atoms with Crippen LogP contribution in [0.2, 0.25) is 0 Å². The topological polar surface area (TPSA) is 59.8 Å². The molecule has 6 heteroatoms. The normalized spacial score (nSPS) is 10.4. The molecule has 1 aromatic carbocycles. The molecule has 2 aromatic rings. The summed E-state index contributed by atoms with van der Waals surface area (Å²) in [5, 5.41) is 10.5. The van der Waals surface area contributed by atoms with E-state index in [1.165, 1.54) is 0 Å². The fourth-order valence-corrected chi connectivity index (χ4v) is 1.83. The predicted molar refractivity (Wildman–Crippen MR) is 75.0 cm³/mol. The van der Waals surface area contributed by atoms with Gasteiger partial charge in [0.1, 0.15) is 0 Å². The number of hydrogen-bond donors (Lipinski definition) is 2. The van der Waals surface area contributed by atoms with Crippen molar-refractivity contribution in [3.63, 3.8) is 0 Å². The third-order valence-corrected chi connectivity index (χ3v) is 2.96. The minimum Gasteiger partial charge on any atom is -0.356 e. The summed E-state index contributed by atoms with van der Waals surface area (Å²) in [5.74, 6) is 0.0329. The molecule has 0 radical (unpaired) electrons. The molecule has 0 fully saturated rings. The Labute approximate surface area is 117 Å². The summed E-state index contributed by atoms with van der Waals surface area (Å²) in [4.78, 5) is 12.6. The zero-order chi connectivity index (χ0) is 13.5. The van der Waals surface area contributed by atoms with Crippen molar-refractivity contribution in [2.24, 2.45) is 0 Å². The number of benzene rings is 1. The average Bonchev–Trinajstić information content (AvgIpc) is 2.91. The van der Waals surface area contributed by atoms with Crippen molar-refractivity contribution in [2.75, 3.05) is 6.54 Å². The van der Waals surface area contributed by atoms with Crippen LogP contribution >= 0.6 is 12.6 Å². The Hall–Kier alpha value is -1.82. The minimum atomic E-state index is 0.0329. The zero-order valence-electron chi connectivity index (χ0n) is 10.5. The first-order valence-corrected chi connectivity index (χ1v) is 6.57. The number of aromatic nitrogens is 3. The molecule has 1 heterocycles. The zero-order valence-corrected chi connectivity index (χ0v) is 11.4. The maximum absolute atomic E-state index is 11.7. The van der Waals surface area contributed by atoms with Gasteiger partial charge in [0, 0.05) is 24.2 Å². The number of amides is 1. The highest BCUT2D eigenvalue weighted by Gasteiger charge is 2.02. The summed E-state index contributed by atoms with van der Waals surface area (Å²) in [6, 6.07) is 7.60. The van der Waals surface area contributed by atoms with E-state index in [1.807, 2.05) is 24.3 Å². The number of aryl methyl sites for hydroxylation is 1. The van der Waals surface area contributed by atoms with E-state index in [0.717, 1.165) is 23.4 Å². The fraction of sp³-hybridized carbons (Fsp3) is 0.308. The lowest BCUT2D eigenvalue weighted by Crippen LogP contribution is -2.26. The highest BCUT2D eigenvalue weighted by atomic mass is 32.1. The van der Waals surface area contributed by atoms with E-state index in [-0.39, 0.29) is 5.91 Å². The number of thiol groups is 1. The molecule has 0 aliphatic carbocycles. The van der Waals surface area contributed by atoms with Gasteiger partial charge >= 0.3 is 0 Å². The van der Waals surface area contributed by atoms with Crippen molar-refractivity contribution in [3.8, 4) is 0 Å². The Morgan fingerprint density at radius 1 is 1.32 bits per heavy atom. The Morgan fingerprint density at radius 3 is 2.79 bits per heavy atom. The Morgan fingerprint density at radius 2 is 2.11 bits per heavy atom. The average molecular weight is 276 g/mol. The molecule has 0 spiro atoms. The molecular formula is C13H16N4OS. The first-order valence-electron chi connectivity index (χ1n) is 6.13. The molecule has 0 bridgehead atoms. The lowest BCUT2D eigenvalue weighted by atomic mass is 10.1. The minimum absolute atomic E-state index is 0.0329. The molecule has 1 amide bonds. The monoisotopic (exact) mass is 276 g/mol. The van der Waals surface area contributed by atoms with Crippen molar-refractivity contribution < 1.29 is 4.79 Å². The molecule has 0 saturated heterocycles. The van der Waals surface area contributed by atoms with Crippen LogP contribution in [-0.2, 0) is 17.8 Å². The van der Waals surface area contributed by atoms with Gasteiger partial charge < -0.3 is 5.32 Å². The number of nitrogens with zero attached hydrogens (tertiary/aromatic N) is 3. The van der Waals surface area contributed by atoms with Crippen LogP contribution in [0.1, 0.15) is 12.0 Å². The van der Waals surface area contributed by atoms with Gasteiger partial charge in [0.15, 0.2) is 0 Å². The van der Waals surface area contributed by atoms with Gasteiger partial charge in [-0.3, -0.25) is 9.48 Å². The molecule has 0 saturated carbocycles. The quantitative estimate of drug-likeness (QED) is 0.618. The van der Waals surface area contributed by atoms with Gasteiger partial charge in [-0.25, -0.2) is 0 Å². The first-order chi connectivity index (χ1) is 9.24. The molecule has 2 rings (SSSR count). The van der Waals surface area contributed by atoms with Crippen LogP contribution in [-0.4, -0.2) is 27.4 Å². The van der Waals surface area contributed by atoms with Crippen LogP contribution in [0.3, 0.4) is 0 Å². The number of hydrogen-bond acceptors (Lipinski definition) is 4. The summed E-state index contributed by atoms with van der Waals surface area (Å²) in [5.41, 5.74) is 0.992. The van der Waals surface area contributed by atoms with Crippen molar-refractivity contribution in [1.82, 2.24) is 20.3 Å².